The Hall–Kier alpha value is -2.37. The molecule has 1 amide bonds. The zero-order chi connectivity index (χ0) is 17.8. The van der Waals surface area contributed by atoms with Crippen LogP contribution in [-0.2, 0) is 16.1 Å². The summed E-state index contributed by atoms with van der Waals surface area (Å²) in [6, 6.07) is 16.7. The first-order valence-corrected chi connectivity index (χ1v) is 8.94. The molecule has 0 spiro atoms. The molecular weight excluding hydrogens is 358 g/mol. The highest BCUT2D eigenvalue weighted by Gasteiger charge is 2.20. The Bertz CT molecular complexity index is 889. The number of hydrogen-bond donors (Lipinski definition) is 1. The summed E-state index contributed by atoms with van der Waals surface area (Å²) >= 11 is 7.40. The molecule has 0 saturated heterocycles. The third-order valence-electron chi connectivity index (χ3n) is 3.69. The maximum atomic E-state index is 12.2. The number of carbonyl (C=O) groups is 2. The van der Waals surface area contributed by atoms with E-state index in [1.165, 1.54) is 11.3 Å². The van der Waals surface area contributed by atoms with Crippen molar-refractivity contribution in [1.82, 2.24) is 5.32 Å². The van der Waals surface area contributed by atoms with Crippen molar-refractivity contribution in [3.8, 4) is 0 Å². The van der Waals surface area contributed by atoms with Gasteiger partial charge in [-0.1, -0.05) is 48.0 Å². The summed E-state index contributed by atoms with van der Waals surface area (Å²) in [5, 5.41) is 4.29. The molecule has 2 aromatic carbocycles. The van der Waals surface area contributed by atoms with Gasteiger partial charge < -0.3 is 10.1 Å². The Morgan fingerprint density at radius 2 is 1.88 bits per heavy atom. The van der Waals surface area contributed by atoms with Crippen LogP contribution in [0.3, 0.4) is 0 Å². The summed E-state index contributed by atoms with van der Waals surface area (Å²) in [6.45, 7) is 1.83. The van der Waals surface area contributed by atoms with Crippen molar-refractivity contribution in [3.05, 3.63) is 70.1 Å². The van der Waals surface area contributed by atoms with Gasteiger partial charge in [-0.2, -0.15) is 0 Å². The number of rotatable bonds is 5. The van der Waals surface area contributed by atoms with Crippen molar-refractivity contribution in [3.63, 3.8) is 0 Å². The summed E-state index contributed by atoms with van der Waals surface area (Å²) in [5.41, 5.74) is 0.806. The smallest absolute Gasteiger partial charge is 0.349 e. The van der Waals surface area contributed by atoms with Crippen molar-refractivity contribution < 1.29 is 14.3 Å². The highest BCUT2D eigenvalue weighted by atomic mass is 35.5. The summed E-state index contributed by atoms with van der Waals surface area (Å²) in [6.07, 6.45) is -0.889. The molecule has 0 aliphatic heterocycles. The minimum absolute atomic E-state index is 0.281. The second-order valence-corrected chi connectivity index (χ2v) is 7.00. The lowest BCUT2D eigenvalue weighted by molar-refractivity contribution is -0.129. The minimum atomic E-state index is -0.889. The zero-order valence-corrected chi connectivity index (χ0v) is 15.1. The van der Waals surface area contributed by atoms with Crippen LogP contribution in [0.25, 0.3) is 10.1 Å². The fourth-order valence-electron chi connectivity index (χ4n) is 2.32. The fraction of sp³-hybridized carbons (Fsp3) is 0.158. The molecule has 0 bridgehead atoms. The molecule has 128 valence electrons. The standard InChI is InChI=1S/C19H16ClNO3S/c1-12(18(22)21-11-14-7-2-4-8-15(14)20)24-19(23)17-10-13-6-3-5-9-16(13)25-17/h2-10,12H,11H2,1H3,(H,21,22)/t12-/m1/s1. The number of fused-ring (bicyclic) bond motifs is 1. The van der Waals surface area contributed by atoms with Gasteiger partial charge in [0, 0.05) is 16.3 Å². The van der Waals surface area contributed by atoms with E-state index in [4.69, 9.17) is 16.3 Å². The minimum Gasteiger partial charge on any atom is -0.448 e. The van der Waals surface area contributed by atoms with E-state index in [1.54, 1.807) is 19.1 Å². The molecule has 0 saturated carbocycles. The van der Waals surface area contributed by atoms with E-state index in [2.05, 4.69) is 5.32 Å². The van der Waals surface area contributed by atoms with E-state index in [9.17, 15) is 9.59 Å². The molecular formula is C19H16ClNO3S. The molecule has 1 heterocycles. The lowest BCUT2D eigenvalue weighted by atomic mass is 10.2. The Morgan fingerprint density at radius 1 is 1.16 bits per heavy atom. The van der Waals surface area contributed by atoms with Crippen LogP contribution in [-0.4, -0.2) is 18.0 Å². The molecule has 1 aromatic heterocycles. The first kappa shape index (κ1) is 17.5. The van der Waals surface area contributed by atoms with E-state index in [1.807, 2.05) is 42.5 Å². The predicted molar refractivity (Wildman–Crippen MR) is 100 cm³/mol. The molecule has 3 rings (SSSR count). The Kier molecular flexibility index (Phi) is 5.36. The van der Waals surface area contributed by atoms with Crippen LogP contribution in [0.15, 0.2) is 54.6 Å². The lowest BCUT2D eigenvalue weighted by Gasteiger charge is -2.13. The van der Waals surface area contributed by atoms with Crippen LogP contribution in [0.1, 0.15) is 22.2 Å². The van der Waals surface area contributed by atoms with Gasteiger partial charge in [-0.25, -0.2) is 4.79 Å². The maximum absolute atomic E-state index is 12.2. The van der Waals surface area contributed by atoms with Crippen molar-refractivity contribution in [2.75, 3.05) is 0 Å². The third kappa shape index (κ3) is 4.18. The van der Waals surface area contributed by atoms with Gasteiger partial charge >= 0.3 is 5.97 Å². The second kappa shape index (κ2) is 7.68. The van der Waals surface area contributed by atoms with Gasteiger partial charge in [0.2, 0.25) is 0 Å². The number of amides is 1. The topological polar surface area (TPSA) is 55.4 Å². The van der Waals surface area contributed by atoms with E-state index in [0.717, 1.165) is 15.6 Å². The molecule has 0 unspecified atom stereocenters. The number of esters is 1. The van der Waals surface area contributed by atoms with Gasteiger partial charge in [0.15, 0.2) is 6.10 Å². The van der Waals surface area contributed by atoms with E-state index in [-0.39, 0.29) is 12.5 Å². The van der Waals surface area contributed by atoms with Crippen molar-refractivity contribution in [2.24, 2.45) is 0 Å². The maximum Gasteiger partial charge on any atom is 0.349 e. The van der Waals surface area contributed by atoms with Crippen LogP contribution in [0.4, 0.5) is 0 Å². The molecule has 4 nitrogen and oxygen atoms in total. The quantitative estimate of drug-likeness (QED) is 0.674. The molecule has 1 N–H and O–H groups in total. The zero-order valence-electron chi connectivity index (χ0n) is 13.5. The first-order valence-electron chi connectivity index (χ1n) is 7.75. The highest BCUT2D eigenvalue weighted by Crippen LogP contribution is 2.26. The molecule has 0 radical (unpaired) electrons. The van der Waals surface area contributed by atoms with Crippen LogP contribution in [0.2, 0.25) is 5.02 Å². The van der Waals surface area contributed by atoms with Gasteiger partial charge in [-0.15, -0.1) is 11.3 Å². The average Bonchev–Trinajstić information content (AvgIpc) is 3.05. The molecule has 6 heteroatoms. The Labute approximate surface area is 154 Å². The molecule has 3 aromatic rings. The normalized spacial score (nSPS) is 11.9. The Morgan fingerprint density at radius 3 is 2.64 bits per heavy atom. The highest BCUT2D eigenvalue weighted by molar-refractivity contribution is 7.20. The van der Waals surface area contributed by atoms with E-state index in [0.29, 0.717) is 9.90 Å². The second-order valence-electron chi connectivity index (χ2n) is 5.51. The monoisotopic (exact) mass is 373 g/mol. The van der Waals surface area contributed by atoms with Crippen LogP contribution < -0.4 is 5.32 Å². The average molecular weight is 374 g/mol. The van der Waals surface area contributed by atoms with Gasteiger partial charge in [-0.05, 0) is 36.1 Å². The summed E-state index contributed by atoms with van der Waals surface area (Å²) in [7, 11) is 0. The van der Waals surface area contributed by atoms with Crippen LogP contribution in [0, 0.1) is 0 Å². The first-order chi connectivity index (χ1) is 12.0. The van der Waals surface area contributed by atoms with Gasteiger partial charge in [0.1, 0.15) is 4.88 Å². The number of halogens is 1. The molecule has 1 atom stereocenters. The fourth-order valence-corrected chi connectivity index (χ4v) is 3.47. The molecule has 25 heavy (non-hydrogen) atoms. The summed E-state index contributed by atoms with van der Waals surface area (Å²) in [4.78, 5) is 24.9. The number of hydrogen-bond acceptors (Lipinski definition) is 4. The third-order valence-corrected chi connectivity index (χ3v) is 5.16. The van der Waals surface area contributed by atoms with Crippen molar-refractivity contribution in [1.29, 1.82) is 0 Å². The number of carbonyl (C=O) groups excluding carboxylic acids is 2. The summed E-state index contributed by atoms with van der Waals surface area (Å²) in [5.74, 6) is -0.865. The SMILES string of the molecule is C[C@@H](OC(=O)c1cc2ccccc2s1)C(=O)NCc1ccccc1Cl. The molecule has 0 aliphatic carbocycles. The van der Waals surface area contributed by atoms with Crippen molar-refractivity contribution in [2.45, 2.75) is 19.6 Å². The van der Waals surface area contributed by atoms with Crippen molar-refractivity contribution >= 4 is 44.9 Å². The van der Waals surface area contributed by atoms with Crippen LogP contribution >= 0.6 is 22.9 Å². The largest absolute Gasteiger partial charge is 0.448 e. The predicted octanol–water partition coefficient (Wildman–Crippen LogP) is 4.42. The number of nitrogens with one attached hydrogen (secondary N) is 1. The molecule has 0 fully saturated rings. The van der Waals surface area contributed by atoms with Gasteiger partial charge in [0.05, 0.1) is 0 Å². The molecule has 0 aliphatic rings. The number of thiophene rings is 1. The summed E-state index contributed by atoms with van der Waals surface area (Å²) < 4.78 is 6.28. The number of benzene rings is 2. The Balaban J connectivity index is 1.59. The van der Waals surface area contributed by atoms with Gasteiger partial charge in [-0.3, -0.25) is 4.79 Å². The van der Waals surface area contributed by atoms with Crippen LogP contribution in [0.5, 0.6) is 0 Å². The van der Waals surface area contributed by atoms with E-state index >= 15 is 0 Å². The number of ether oxygens (including phenoxy) is 1. The lowest BCUT2D eigenvalue weighted by Crippen LogP contribution is -2.35. The van der Waals surface area contributed by atoms with E-state index < -0.39 is 12.1 Å². The van der Waals surface area contributed by atoms with Gasteiger partial charge in [0.25, 0.3) is 5.91 Å².